The Bertz CT molecular complexity index is 819. The van der Waals surface area contributed by atoms with Crippen LogP contribution >= 0.6 is 0 Å². The number of halogens is 1. The molecule has 0 radical (unpaired) electrons. The average Bonchev–Trinajstić information content (AvgIpc) is 2.95. The minimum atomic E-state index is -0.206. The highest BCUT2D eigenvalue weighted by Gasteiger charge is 2.19. The third-order valence-electron chi connectivity index (χ3n) is 4.77. The van der Waals surface area contributed by atoms with E-state index in [1.165, 1.54) is 25.0 Å². The van der Waals surface area contributed by atoms with Gasteiger partial charge in [-0.2, -0.15) is 0 Å². The summed E-state index contributed by atoms with van der Waals surface area (Å²) in [6.45, 7) is 2.84. The van der Waals surface area contributed by atoms with Crippen LogP contribution in [0.25, 0.3) is 11.2 Å². The number of nitrogens with one attached hydrogen (secondary N) is 1. The molecular formula is C19H21FN4. The fourth-order valence-corrected chi connectivity index (χ4v) is 3.44. The number of pyridine rings is 1. The summed E-state index contributed by atoms with van der Waals surface area (Å²) in [7, 11) is 0. The van der Waals surface area contributed by atoms with Crippen LogP contribution in [0.3, 0.4) is 0 Å². The molecule has 4 rings (SSSR count). The van der Waals surface area contributed by atoms with Gasteiger partial charge in [0.15, 0.2) is 5.65 Å². The fraction of sp³-hybridized carbons (Fsp3) is 0.368. The molecule has 0 atom stereocenters. The van der Waals surface area contributed by atoms with Gasteiger partial charge >= 0.3 is 0 Å². The van der Waals surface area contributed by atoms with Crippen molar-refractivity contribution in [1.82, 2.24) is 19.9 Å². The standard InChI is InChI=1S/C19H21FN4/c20-16-5-3-15(4-6-16)13-24-18(12-14-7-10-21-11-8-14)23-17-2-1-9-22-19(17)24/h1-6,9,14,21H,7-8,10-13H2. The molecule has 2 aromatic heterocycles. The lowest BCUT2D eigenvalue weighted by atomic mass is 9.94. The normalized spacial score (nSPS) is 15.9. The first-order valence-electron chi connectivity index (χ1n) is 8.55. The average molecular weight is 324 g/mol. The monoisotopic (exact) mass is 324 g/mol. The van der Waals surface area contributed by atoms with Gasteiger partial charge in [0.25, 0.3) is 0 Å². The smallest absolute Gasteiger partial charge is 0.160 e. The lowest BCUT2D eigenvalue weighted by molar-refractivity contribution is 0.364. The molecule has 0 amide bonds. The van der Waals surface area contributed by atoms with Crippen LogP contribution in [0.2, 0.25) is 0 Å². The van der Waals surface area contributed by atoms with E-state index in [2.05, 4.69) is 14.9 Å². The van der Waals surface area contributed by atoms with E-state index < -0.39 is 0 Å². The number of benzene rings is 1. The molecule has 1 aromatic carbocycles. The maximum Gasteiger partial charge on any atom is 0.160 e. The Balaban J connectivity index is 1.68. The zero-order chi connectivity index (χ0) is 16.4. The first-order chi connectivity index (χ1) is 11.8. The summed E-state index contributed by atoms with van der Waals surface area (Å²) in [5, 5.41) is 3.41. The summed E-state index contributed by atoms with van der Waals surface area (Å²) < 4.78 is 15.4. The molecule has 1 aliphatic rings. The zero-order valence-corrected chi connectivity index (χ0v) is 13.6. The van der Waals surface area contributed by atoms with E-state index in [-0.39, 0.29) is 5.82 Å². The number of fused-ring (bicyclic) bond motifs is 1. The number of piperidine rings is 1. The van der Waals surface area contributed by atoms with E-state index in [1.807, 2.05) is 24.3 Å². The number of hydrogen-bond acceptors (Lipinski definition) is 3. The van der Waals surface area contributed by atoms with E-state index >= 15 is 0 Å². The van der Waals surface area contributed by atoms with Crippen LogP contribution in [0.4, 0.5) is 4.39 Å². The highest BCUT2D eigenvalue weighted by Crippen LogP contribution is 2.22. The van der Waals surface area contributed by atoms with Crippen LogP contribution in [0.15, 0.2) is 42.6 Å². The van der Waals surface area contributed by atoms with Crippen LogP contribution in [-0.4, -0.2) is 27.6 Å². The number of imidazole rings is 1. The van der Waals surface area contributed by atoms with Gasteiger partial charge in [-0.15, -0.1) is 0 Å². The molecule has 4 nitrogen and oxygen atoms in total. The molecule has 1 fully saturated rings. The molecule has 0 spiro atoms. The zero-order valence-electron chi connectivity index (χ0n) is 13.6. The van der Waals surface area contributed by atoms with Gasteiger partial charge in [-0.25, -0.2) is 14.4 Å². The first kappa shape index (κ1) is 15.3. The van der Waals surface area contributed by atoms with Crippen LogP contribution in [0.5, 0.6) is 0 Å². The molecule has 24 heavy (non-hydrogen) atoms. The molecule has 0 unspecified atom stereocenters. The van der Waals surface area contributed by atoms with Crippen LogP contribution in [0, 0.1) is 11.7 Å². The first-order valence-corrected chi connectivity index (χ1v) is 8.55. The molecule has 1 N–H and O–H groups in total. The lowest BCUT2D eigenvalue weighted by Gasteiger charge is -2.22. The highest BCUT2D eigenvalue weighted by atomic mass is 19.1. The molecule has 1 aliphatic heterocycles. The van der Waals surface area contributed by atoms with Gasteiger partial charge in [0.1, 0.15) is 17.2 Å². The number of nitrogens with zero attached hydrogens (tertiary/aromatic N) is 3. The van der Waals surface area contributed by atoms with Gasteiger partial charge in [0, 0.05) is 12.6 Å². The minimum absolute atomic E-state index is 0.206. The fourth-order valence-electron chi connectivity index (χ4n) is 3.44. The van der Waals surface area contributed by atoms with Gasteiger partial charge in [-0.05, 0) is 61.7 Å². The molecule has 124 valence electrons. The van der Waals surface area contributed by atoms with Crippen LogP contribution in [-0.2, 0) is 13.0 Å². The second-order valence-corrected chi connectivity index (χ2v) is 6.48. The van der Waals surface area contributed by atoms with Gasteiger partial charge in [-0.3, -0.25) is 0 Å². The summed E-state index contributed by atoms with van der Waals surface area (Å²) >= 11 is 0. The Morgan fingerprint density at radius 1 is 1.12 bits per heavy atom. The van der Waals surface area contributed by atoms with Gasteiger partial charge in [0.2, 0.25) is 0 Å². The van der Waals surface area contributed by atoms with Crippen molar-refractivity contribution in [2.45, 2.75) is 25.8 Å². The van der Waals surface area contributed by atoms with Crippen molar-refractivity contribution in [3.8, 4) is 0 Å². The molecule has 0 aliphatic carbocycles. The predicted molar refractivity (Wildman–Crippen MR) is 92.3 cm³/mol. The molecule has 1 saturated heterocycles. The van der Waals surface area contributed by atoms with Crippen molar-refractivity contribution in [2.75, 3.05) is 13.1 Å². The molecule has 5 heteroatoms. The topological polar surface area (TPSA) is 42.7 Å². The van der Waals surface area contributed by atoms with Crippen LogP contribution < -0.4 is 5.32 Å². The van der Waals surface area contributed by atoms with Crippen molar-refractivity contribution >= 4 is 11.2 Å². The summed E-state index contributed by atoms with van der Waals surface area (Å²) in [6.07, 6.45) is 5.15. The summed E-state index contributed by atoms with van der Waals surface area (Å²) in [5.74, 6) is 1.54. The highest BCUT2D eigenvalue weighted by molar-refractivity contribution is 5.71. The molecule has 0 bridgehead atoms. The number of hydrogen-bond donors (Lipinski definition) is 1. The largest absolute Gasteiger partial charge is 0.317 e. The third kappa shape index (κ3) is 3.17. The van der Waals surface area contributed by atoms with E-state index in [1.54, 1.807) is 6.20 Å². The molecular weight excluding hydrogens is 303 g/mol. The second kappa shape index (κ2) is 6.69. The Morgan fingerprint density at radius 3 is 2.71 bits per heavy atom. The number of rotatable bonds is 4. The molecule has 3 aromatic rings. The SMILES string of the molecule is Fc1ccc(Cn2c(CC3CCNCC3)nc3cccnc32)cc1. The van der Waals surface area contributed by atoms with Crippen molar-refractivity contribution in [1.29, 1.82) is 0 Å². The lowest BCUT2D eigenvalue weighted by Crippen LogP contribution is -2.29. The maximum absolute atomic E-state index is 13.2. The van der Waals surface area contributed by atoms with Crippen molar-refractivity contribution in [2.24, 2.45) is 5.92 Å². The Hall–Kier alpha value is -2.27. The van der Waals surface area contributed by atoms with E-state index in [9.17, 15) is 4.39 Å². The molecule has 3 heterocycles. The minimum Gasteiger partial charge on any atom is -0.317 e. The van der Waals surface area contributed by atoms with Crippen LogP contribution in [0.1, 0.15) is 24.2 Å². The quantitative estimate of drug-likeness (QED) is 0.801. The van der Waals surface area contributed by atoms with Crippen molar-refractivity contribution in [3.63, 3.8) is 0 Å². The number of aromatic nitrogens is 3. The Labute approximate surface area is 140 Å². The van der Waals surface area contributed by atoms with Gasteiger partial charge in [-0.1, -0.05) is 12.1 Å². The predicted octanol–water partition coefficient (Wildman–Crippen LogP) is 3.16. The maximum atomic E-state index is 13.2. The van der Waals surface area contributed by atoms with Crippen molar-refractivity contribution < 1.29 is 4.39 Å². The van der Waals surface area contributed by atoms with Gasteiger partial charge < -0.3 is 9.88 Å². The Kier molecular flexibility index (Phi) is 4.26. The summed E-state index contributed by atoms with van der Waals surface area (Å²) in [6, 6.07) is 10.6. The summed E-state index contributed by atoms with van der Waals surface area (Å²) in [4.78, 5) is 9.35. The third-order valence-corrected chi connectivity index (χ3v) is 4.77. The van der Waals surface area contributed by atoms with Gasteiger partial charge in [0.05, 0.1) is 6.54 Å². The Morgan fingerprint density at radius 2 is 1.92 bits per heavy atom. The summed E-state index contributed by atoms with van der Waals surface area (Å²) in [5.41, 5.74) is 2.90. The van der Waals surface area contributed by atoms with E-state index in [4.69, 9.17) is 4.98 Å². The molecule has 0 saturated carbocycles. The van der Waals surface area contributed by atoms with E-state index in [0.717, 1.165) is 42.1 Å². The second-order valence-electron chi connectivity index (χ2n) is 6.48. The van der Waals surface area contributed by atoms with E-state index in [0.29, 0.717) is 12.5 Å². The van der Waals surface area contributed by atoms with Crippen molar-refractivity contribution in [3.05, 3.63) is 59.8 Å².